The van der Waals surface area contributed by atoms with Gasteiger partial charge in [0.05, 0.1) is 0 Å². The molecule has 0 radical (unpaired) electrons. The third-order valence-corrected chi connectivity index (χ3v) is 1.55. The van der Waals surface area contributed by atoms with Crippen LogP contribution >= 0.6 is 0 Å². The zero-order valence-corrected chi connectivity index (χ0v) is 5.98. The second-order valence-electron chi connectivity index (χ2n) is 2.95. The second-order valence-corrected chi connectivity index (χ2v) is 2.95. The van der Waals surface area contributed by atoms with Crippen LogP contribution in [0.25, 0.3) is 0 Å². The van der Waals surface area contributed by atoms with E-state index in [1.54, 1.807) is 0 Å². The number of allylic oxidation sites excluding steroid dienone is 2. The predicted octanol–water partition coefficient (Wildman–Crippen LogP) is 1.93. The summed E-state index contributed by atoms with van der Waals surface area (Å²) in [4.78, 5) is 10.5. The summed E-state index contributed by atoms with van der Waals surface area (Å²) in [5.41, 5.74) is 1.33. The molecule has 0 aromatic rings. The van der Waals surface area contributed by atoms with Gasteiger partial charge in [-0.25, -0.2) is 0 Å². The fourth-order valence-electron chi connectivity index (χ4n) is 1.11. The molecule has 0 bridgehead atoms. The van der Waals surface area contributed by atoms with Crippen molar-refractivity contribution in [3.8, 4) is 0 Å². The Labute approximate surface area is 55.8 Å². The molecule has 1 saturated carbocycles. The summed E-state index contributed by atoms with van der Waals surface area (Å²) in [6.45, 7) is 4.14. The van der Waals surface area contributed by atoms with Gasteiger partial charge in [-0.05, 0) is 19.8 Å². The van der Waals surface area contributed by atoms with Crippen LogP contribution in [0, 0.1) is 5.92 Å². The van der Waals surface area contributed by atoms with Crippen LogP contribution in [0.2, 0.25) is 0 Å². The lowest BCUT2D eigenvalue weighted by Crippen LogP contribution is -2.21. The molecule has 0 heterocycles. The summed E-state index contributed by atoms with van der Waals surface area (Å²) in [5, 5.41) is 0. The molecular weight excluding hydrogens is 112 g/mol. The number of rotatable bonds is 1. The van der Waals surface area contributed by atoms with E-state index < -0.39 is 0 Å². The zero-order chi connectivity index (χ0) is 6.85. The quantitative estimate of drug-likeness (QED) is 0.488. The van der Waals surface area contributed by atoms with Crippen molar-refractivity contribution in [3.05, 3.63) is 11.6 Å². The molecule has 1 rings (SSSR count). The Balaban J connectivity index is 2.33. The monoisotopic (exact) mass is 124 g/mol. The average Bonchev–Trinajstić information content (AvgIpc) is 1.60. The van der Waals surface area contributed by atoms with Gasteiger partial charge >= 0.3 is 0 Å². The fraction of sp³-hybridized carbons (Fsp3) is 0.625. The van der Waals surface area contributed by atoms with Crippen LogP contribution < -0.4 is 0 Å². The van der Waals surface area contributed by atoms with Gasteiger partial charge < -0.3 is 0 Å². The van der Waals surface area contributed by atoms with Crippen LogP contribution in [-0.4, -0.2) is 5.78 Å². The third-order valence-electron chi connectivity index (χ3n) is 1.55. The summed E-state index contributed by atoms with van der Waals surface area (Å²) >= 11 is 0. The van der Waals surface area contributed by atoms with Gasteiger partial charge in [-0.2, -0.15) is 0 Å². The van der Waals surface area contributed by atoms with Crippen LogP contribution in [0.5, 0.6) is 0 Å². The minimum Gasteiger partial charge on any atom is -0.300 e. The first kappa shape index (κ1) is 6.53. The summed E-state index contributed by atoms with van der Waals surface area (Å²) in [5.74, 6) is 0.986. The summed E-state index contributed by atoms with van der Waals surface area (Å²) in [6, 6.07) is 0. The molecule has 1 nitrogen and oxygen atoms in total. The van der Waals surface area contributed by atoms with Gasteiger partial charge in [0, 0.05) is 12.8 Å². The first-order valence-electron chi connectivity index (χ1n) is 3.35. The van der Waals surface area contributed by atoms with Crippen LogP contribution in [0.15, 0.2) is 11.6 Å². The van der Waals surface area contributed by atoms with Crippen molar-refractivity contribution in [1.82, 2.24) is 0 Å². The molecule has 0 amide bonds. The Morgan fingerprint density at radius 2 is 2.11 bits per heavy atom. The molecule has 50 valence electrons. The highest BCUT2D eigenvalue weighted by molar-refractivity contribution is 5.85. The Hall–Kier alpha value is -0.590. The van der Waals surface area contributed by atoms with E-state index in [9.17, 15) is 4.79 Å². The molecule has 1 fully saturated rings. The van der Waals surface area contributed by atoms with Crippen molar-refractivity contribution in [3.63, 3.8) is 0 Å². The minimum absolute atomic E-state index is 0.414. The van der Waals surface area contributed by atoms with Crippen molar-refractivity contribution in [1.29, 1.82) is 0 Å². The molecule has 1 aliphatic rings. The van der Waals surface area contributed by atoms with E-state index in [2.05, 4.69) is 19.9 Å². The molecule has 9 heavy (non-hydrogen) atoms. The maximum Gasteiger partial charge on any atom is 0.134 e. The fourth-order valence-corrected chi connectivity index (χ4v) is 1.11. The third kappa shape index (κ3) is 1.67. The first-order valence-corrected chi connectivity index (χ1v) is 3.35. The van der Waals surface area contributed by atoms with E-state index in [1.807, 2.05) is 0 Å². The minimum atomic E-state index is 0.414. The lowest BCUT2D eigenvalue weighted by Gasteiger charge is -2.20. The highest BCUT2D eigenvalue weighted by Gasteiger charge is 2.23. The Morgan fingerprint density at radius 3 is 2.44 bits per heavy atom. The Morgan fingerprint density at radius 1 is 1.56 bits per heavy atom. The molecule has 1 aliphatic carbocycles. The van der Waals surface area contributed by atoms with E-state index >= 15 is 0 Å². The van der Waals surface area contributed by atoms with Crippen LogP contribution in [-0.2, 0) is 4.79 Å². The lowest BCUT2D eigenvalue weighted by molar-refractivity contribution is -0.125. The van der Waals surface area contributed by atoms with Gasteiger partial charge in [-0.3, -0.25) is 4.79 Å². The number of carbonyl (C=O) groups excluding carboxylic acids is 1. The normalized spacial score (nSPS) is 19.1. The first-order chi connectivity index (χ1) is 4.18. The topological polar surface area (TPSA) is 17.1 Å². The maximum atomic E-state index is 10.5. The summed E-state index contributed by atoms with van der Waals surface area (Å²) < 4.78 is 0. The largest absolute Gasteiger partial charge is 0.300 e. The van der Waals surface area contributed by atoms with Crippen molar-refractivity contribution < 1.29 is 4.79 Å². The molecule has 0 saturated heterocycles. The molecule has 0 aliphatic heterocycles. The second kappa shape index (κ2) is 2.34. The summed E-state index contributed by atoms with van der Waals surface area (Å²) in [7, 11) is 0. The van der Waals surface area contributed by atoms with Gasteiger partial charge in [0.15, 0.2) is 0 Å². The Bertz CT molecular complexity index is 144. The number of carbonyl (C=O) groups is 1. The highest BCUT2D eigenvalue weighted by Crippen LogP contribution is 2.24. The number of Topliss-reactive ketones (excluding diaryl/α,β-unsaturated/α-hetero) is 1. The van der Waals surface area contributed by atoms with Gasteiger partial charge in [-0.15, -0.1) is 0 Å². The van der Waals surface area contributed by atoms with Crippen molar-refractivity contribution >= 4 is 5.78 Å². The van der Waals surface area contributed by atoms with Crippen molar-refractivity contribution in [2.45, 2.75) is 26.7 Å². The van der Waals surface area contributed by atoms with Crippen LogP contribution in [0.3, 0.4) is 0 Å². The molecular formula is C8H12O. The van der Waals surface area contributed by atoms with Crippen molar-refractivity contribution in [2.75, 3.05) is 0 Å². The van der Waals surface area contributed by atoms with Gasteiger partial charge in [0.1, 0.15) is 5.78 Å². The average molecular weight is 124 g/mol. The number of hydrogen-bond acceptors (Lipinski definition) is 1. The van der Waals surface area contributed by atoms with Crippen molar-refractivity contribution in [2.24, 2.45) is 5.92 Å². The van der Waals surface area contributed by atoms with Crippen LogP contribution in [0.4, 0.5) is 0 Å². The molecule has 0 N–H and O–H groups in total. The van der Waals surface area contributed by atoms with E-state index in [-0.39, 0.29) is 0 Å². The standard InChI is InChI=1S/C8H12O/c1-6(2)3-7-4-8(9)5-7/h3,7H,4-5H2,1-2H3. The molecule has 0 spiro atoms. The van der Waals surface area contributed by atoms with E-state index in [4.69, 9.17) is 0 Å². The van der Waals surface area contributed by atoms with E-state index in [0.717, 1.165) is 12.8 Å². The Kier molecular flexibility index (Phi) is 1.70. The van der Waals surface area contributed by atoms with Gasteiger partial charge in [-0.1, -0.05) is 11.6 Å². The zero-order valence-electron chi connectivity index (χ0n) is 5.98. The SMILES string of the molecule is CC(C)=CC1CC(=O)C1. The molecule has 1 heteroatoms. The molecule has 0 unspecified atom stereocenters. The number of hydrogen-bond donors (Lipinski definition) is 0. The van der Waals surface area contributed by atoms with Gasteiger partial charge in [0.25, 0.3) is 0 Å². The highest BCUT2D eigenvalue weighted by atomic mass is 16.1. The number of ketones is 1. The summed E-state index contributed by atoms with van der Waals surface area (Å²) in [6.07, 6.45) is 3.75. The predicted molar refractivity (Wildman–Crippen MR) is 37.2 cm³/mol. The smallest absolute Gasteiger partial charge is 0.134 e. The van der Waals surface area contributed by atoms with Crippen LogP contribution in [0.1, 0.15) is 26.7 Å². The molecule has 0 atom stereocenters. The maximum absolute atomic E-state index is 10.5. The molecule has 0 aromatic carbocycles. The lowest BCUT2D eigenvalue weighted by atomic mass is 9.83. The van der Waals surface area contributed by atoms with Gasteiger partial charge in [0.2, 0.25) is 0 Å². The molecule has 0 aromatic heterocycles. The van der Waals surface area contributed by atoms with E-state index in [0.29, 0.717) is 11.7 Å². The van der Waals surface area contributed by atoms with E-state index in [1.165, 1.54) is 5.57 Å².